The Bertz CT molecular complexity index is 476. The molecule has 3 heteroatoms. The normalized spacial score (nSPS) is 13.2. The summed E-state index contributed by atoms with van der Waals surface area (Å²) in [5.41, 5.74) is 2.31. The van der Waals surface area contributed by atoms with Crippen LogP contribution in [0, 0.1) is 5.92 Å². The summed E-state index contributed by atoms with van der Waals surface area (Å²) in [5.74, 6) is 0.348. The standard InChI is InChI=1S/C13H18N2O/c1-10(9-16)7-8-12-11-5-3-4-6-13(11)15(2)14-12/h3-6,10,16H,7-9H2,1-2H3. The number of nitrogens with zero attached hydrogens (tertiary/aromatic N) is 2. The number of benzene rings is 1. The Morgan fingerprint density at radius 2 is 2.12 bits per heavy atom. The van der Waals surface area contributed by atoms with E-state index in [1.54, 1.807) is 0 Å². The van der Waals surface area contributed by atoms with Gasteiger partial charge in [0.1, 0.15) is 0 Å². The molecule has 1 aromatic heterocycles. The molecule has 0 aliphatic carbocycles. The van der Waals surface area contributed by atoms with Crippen LogP contribution in [0.25, 0.3) is 10.9 Å². The Hall–Kier alpha value is -1.35. The second-order valence-electron chi connectivity index (χ2n) is 4.41. The van der Waals surface area contributed by atoms with Gasteiger partial charge in [-0.2, -0.15) is 5.10 Å². The van der Waals surface area contributed by atoms with Crippen molar-refractivity contribution in [2.75, 3.05) is 6.61 Å². The molecule has 1 unspecified atom stereocenters. The summed E-state index contributed by atoms with van der Waals surface area (Å²) >= 11 is 0. The van der Waals surface area contributed by atoms with Gasteiger partial charge < -0.3 is 5.11 Å². The number of aromatic nitrogens is 2. The van der Waals surface area contributed by atoms with Crippen LogP contribution in [0.15, 0.2) is 24.3 Å². The van der Waals surface area contributed by atoms with E-state index in [9.17, 15) is 0 Å². The third kappa shape index (κ3) is 2.09. The highest BCUT2D eigenvalue weighted by atomic mass is 16.3. The fraction of sp³-hybridized carbons (Fsp3) is 0.462. The minimum Gasteiger partial charge on any atom is -0.396 e. The molecule has 0 aliphatic rings. The van der Waals surface area contributed by atoms with E-state index in [2.05, 4.69) is 24.2 Å². The van der Waals surface area contributed by atoms with Crippen molar-refractivity contribution in [3.63, 3.8) is 0 Å². The SMILES string of the molecule is CC(CO)CCc1nn(C)c2ccccc12. The molecular formula is C13H18N2O. The number of aryl methyl sites for hydroxylation is 2. The first-order chi connectivity index (χ1) is 7.72. The van der Waals surface area contributed by atoms with Gasteiger partial charge in [0.15, 0.2) is 0 Å². The molecule has 86 valence electrons. The molecule has 16 heavy (non-hydrogen) atoms. The highest BCUT2D eigenvalue weighted by Gasteiger charge is 2.09. The van der Waals surface area contributed by atoms with Gasteiger partial charge in [-0.25, -0.2) is 0 Å². The van der Waals surface area contributed by atoms with Gasteiger partial charge >= 0.3 is 0 Å². The van der Waals surface area contributed by atoms with Crippen molar-refractivity contribution in [2.45, 2.75) is 19.8 Å². The Labute approximate surface area is 95.7 Å². The van der Waals surface area contributed by atoms with E-state index in [1.165, 1.54) is 10.9 Å². The van der Waals surface area contributed by atoms with Crippen molar-refractivity contribution in [3.05, 3.63) is 30.0 Å². The van der Waals surface area contributed by atoms with E-state index >= 15 is 0 Å². The number of hydrogen-bond acceptors (Lipinski definition) is 2. The van der Waals surface area contributed by atoms with Crippen LogP contribution in [-0.2, 0) is 13.5 Å². The van der Waals surface area contributed by atoms with Crippen molar-refractivity contribution in [1.82, 2.24) is 9.78 Å². The van der Waals surface area contributed by atoms with Crippen molar-refractivity contribution >= 4 is 10.9 Å². The van der Waals surface area contributed by atoms with Crippen molar-refractivity contribution in [2.24, 2.45) is 13.0 Å². The maximum atomic E-state index is 9.01. The Balaban J connectivity index is 2.24. The number of rotatable bonds is 4. The molecule has 1 atom stereocenters. The highest BCUT2D eigenvalue weighted by Crippen LogP contribution is 2.19. The van der Waals surface area contributed by atoms with Gasteiger partial charge in [-0.1, -0.05) is 25.1 Å². The Morgan fingerprint density at radius 3 is 2.88 bits per heavy atom. The Morgan fingerprint density at radius 1 is 1.38 bits per heavy atom. The van der Waals surface area contributed by atoms with Gasteiger partial charge in [-0.15, -0.1) is 0 Å². The number of hydrogen-bond donors (Lipinski definition) is 1. The van der Waals surface area contributed by atoms with Crippen LogP contribution in [0.2, 0.25) is 0 Å². The quantitative estimate of drug-likeness (QED) is 0.853. The highest BCUT2D eigenvalue weighted by molar-refractivity contribution is 5.81. The van der Waals surface area contributed by atoms with Gasteiger partial charge in [-0.3, -0.25) is 4.68 Å². The number of aliphatic hydroxyl groups is 1. The first kappa shape index (κ1) is 11.1. The number of para-hydroxylation sites is 1. The zero-order valence-electron chi connectivity index (χ0n) is 9.85. The van der Waals surface area contributed by atoms with Crippen LogP contribution in [-0.4, -0.2) is 21.5 Å². The first-order valence-electron chi connectivity index (χ1n) is 5.74. The molecule has 1 N–H and O–H groups in total. The molecule has 0 amide bonds. The molecule has 0 fully saturated rings. The molecular weight excluding hydrogens is 200 g/mol. The largest absolute Gasteiger partial charge is 0.396 e. The average molecular weight is 218 g/mol. The maximum absolute atomic E-state index is 9.01. The number of fused-ring (bicyclic) bond motifs is 1. The predicted octanol–water partition coefficient (Wildman–Crippen LogP) is 2.13. The van der Waals surface area contributed by atoms with E-state index < -0.39 is 0 Å². The van der Waals surface area contributed by atoms with E-state index in [1.807, 2.05) is 23.9 Å². The van der Waals surface area contributed by atoms with Gasteiger partial charge in [0, 0.05) is 19.0 Å². The molecule has 2 aromatic rings. The summed E-state index contributed by atoms with van der Waals surface area (Å²) in [4.78, 5) is 0. The fourth-order valence-corrected chi connectivity index (χ4v) is 1.95. The molecule has 0 bridgehead atoms. The summed E-state index contributed by atoms with van der Waals surface area (Å²) in [7, 11) is 1.97. The molecule has 2 rings (SSSR count). The van der Waals surface area contributed by atoms with Gasteiger partial charge in [0.05, 0.1) is 11.2 Å². The topological polar surface area (TPSA) is 38.1 Å². The summed E-state index contributed by atoms with van der Waals surface area (Å²) in [6.45, 7) is 2.32. The molecule has 0 saturated carbocycles. The van der Waals surface area contributed by atoms with Crippen LogP contribution < -0.4 is 0 Å². The van der Waals surface area contributed by atoms with Crippen LogP contribution in [0.1, 0.15) is 19.0 Å². The molecule has 0 radical (unpaired) electrons. The van der Waals surface area contributed by atoms with Crippen LogP contribution >= 0.6 is 0 Å². The summed E-state index contributed by atoms with van der Waals surface area (Å²) in [6, 6.07) is 8.27. The third-order valence-corrected chi connectivity index (χ3v) is 3.02. The van der Waals surface area contributed by atoms with Crippen molar-refractivity contribution in [1.29, 1.82) is 0 Å². The fourth-order valence-electron chi connectivity index (χ4n) is 1.95. The lowest BCUT2D eigenvalue weighted by Gasteiger charge is -2.05. The van der Waals surface area contributed by atoms with Gasteiger partial charge in [0.2, 0.25) is 0 Å². The van der Waals surface area contributed by atoms with Crippen LogP contribution in [0.4, 0.5) is 0 Å². The number of aliphatic hydroxyl groups excluding tert-OH is 1. The minimum absolute atomic E-state index is 0.255. The van der Waals surface area contributed by atoms with Gasteiger partial charge in [-0.05, 0) is 24.8 Å². The average Bonchev–Trinajstić information content (AvgIpc) is 2.64. The van der Waals surface area contributed by atoms with Crippen LogP contribution in [0.5, 0.6) is 0 Å². The predicted molar refractivity (Wildman–Crippen MR) is 65.3 cm³/mol. The summed E-state index contributed by atoms with van der Waals surface area (Å²) in [6.07, 6.45) is 1.92. The zero-order chi connectivity index (χ0) is 11.5. The molecule has 0 saturated heterocycles. The molecule has 0 aliphatic heterocycles. The minimum atomic E-state index is 0.255. The first-order valence-corrected chi connectivity index (χ1v) is 5.74. The second-order valence-corrected chi connectivity index (χ2v) is 4.41. The maximum Gasteiger partial charge on any atom is 0.0703 e. The van der Waals surface area contributed by atoms with E-state index in [4.69, 9.17) is 5.11 Å². The van der Waals surface area contributed by atoms with Gasteiger partial charge in [0.25, 0.3) is 0 Å². The summed E-state index contributed by atoms with van der Waals surface area (Å²) < 4.78 is 1.92. The lowest BCUT2D eigenvalue weighted by atomic mass is 10.0. The molecule has 3 nitrogen and oxygen atoms in total. The monoisotopic (exact) mass is 218 g/mol. The Kier molecular flexibility index (Phi) is 3.25. The van der Waals surface area contributed by atoms with E-state index in [0.717, 1.165) is 18.5 Å². The van der Waals surface area contributed by atoms with Crippen LogP contribution in [0.3, 0.4) is 0 Å². The lowest BCUT2D eigenvalue weighted by molar-refractivity contribution is 0.230. The summed E-state index contributed by atoms with van der Waals surface area (Å²) in [5, 5.41) is 14.8. The van der Waals surface area contributed by atoms with Crippen molar-refractivity contribution < 1.29 is 5.11 Å². The second kappa shape index (κ2) is 4.66. The lowest BCUT2D eigenvalue weighted by Crippen LogP contribution is -2.03. The van der Waals surface area contributed by atoms with E-state index in [-0.39, 0.29) is 6.61 Å². The molecule has 1 aromatic carbocycles. The third-order valence-electron chi connectivity index (χ3n) is 3.02. The van der Waals surface area contributed by atoms with E-state index in [0.29, 0.717) is 5.92 Å². The molecule has 0 spiro atoms. The molecule has 1 heterocycles. The zero-order valence-corrected chi connectivity index (χ0v) is 9.85. The van der Waals surface area contributed by atoms with Crippen molar-refractivity contribution in [3.8, 4) is 0 Å². The smallest absolute Gasteiger partial charge is 0.0703 e.